The Balaban J connectivity index is 1.48. The van der Waals surface area contributed by atoms with E-state index in [1.54, 1.807) is 11.0 Å². The van der Waals surface area contributed by atoms with Gasteiger partial charge in [-0.15, -0.1) is 0 Å². The zero-order valence-electron chi connectivity index (χ0n) is 16.9. The summed E-state index contributed by atoms with van der Waals surface area (Å²) in [4.78, 5) is 35.3. The number of likely N-dealkylation sites (tertiary alicyclic amines) is 1. The zero-order chi connectivity index (χ0) is 20.8. The van der Waals surface area contributed by atoms with Crippen molar-refractivity contribution < 1.29 is 14.0 Å². The predicted molar refractivity (Wildman–Crippen MR) is 108 cm³/mol. The molecule has 3 rings (SSSR count). The fourth-order valence-electron chi connectivity index (χ4n) is 3.65. The molecule has 2 amide bonds. The van der Waals surface area contributed by atoms with Gasteiger partial charge in [-0.1, -0.05) is 12.1 Å². The summed E-state index contributed by atoms with van der Waals surface area (Å²) in [6.07, 6.45) is 2.06. The van der Waals surface area contributed by atoms with Crippen LogP contribution in [0.2, 0.25) is 0 Å². The Morgan fingerprint density at radius 2 is 1.97 bits per heavy atom. The van der Waals surface area contributed by atoms with Crippen molar-refractivity contribution in [3.05, 3.63) is 58.9 Å². The van der Waals surface area contributed by atoms with Crippen molar-refractivity contribution >= 4 is 11.8 Å². The number of nitrogens with zero attached hydrogens (tertiary/aromatic N) is 3. The molecule has 2 aromatic rings. The summed E-state index contributed by atoms with van der Waals surface area (Å²) >= 11 is 0. The number of aryl methyl sites for hydroxylation is 2. The number of aromatic nitrogens is 2. The van der Waals surface area contributed by atoms with Crippen molar-refractivity contribution in [2.24, 2.45) is 5.92 Å². The van der Waals surface area contributed by atoms with Gasteiger partial charge in [0.05, 0.1) is 5.92 Å². The molecule has 6 nitrogen and oxygen atoms in total. The van der Waals surface area contributed by atoms with Crippen LogP contribution < -0.4 is 5.32 Å². The van der Waals surface area contributed by atoms with Gasteiger partial charge in [-0.3, -0.25) is 9.59 Å². The summed E-state index contributed by atoms with van der Waals surface area (Å²) in [6.45, 7) is 5.21. The van der Waals surface area contributed by atoms with E-state index in [2.05, 4.69) is 15.3 Å². The van der Waals surface area contributed by atoms with Crippen molar-refractivity contribution in [2.75, 3.05) is 19.6 Å². The van der Waals surface area contributed by atoms with Crippen molar-refractivity contribution in [1.82, 2.24) is 20.2 Å². The number of nitrogens with one attached hydrogen (secondary N) is 1. The smallest absolute Gasteiger partial charge is 0.224 e. The van der Waals surface area contributed by atoms with Crippen molar-refractivity contribution in [2.45, 2.75) is 39.5 Å². The van der Waals surface area contributed by atoms with E-state index in [0.29, 0.717) is 45.3 Å². The summed E-state index contributed by atoms with van der Waals surface area (Å²) in [5.74, 6) is 0.225. The maximum Gasteiger partial charge on any atom is 0.224 e. The number of amides is 2. The van der Waals surface area contributed by atoms with Gasteiger partial charge in [0.25, 0.3) is 0 Å². The number of carbonyl (C=O) groups excluding carboxylic acids is 2. The van der Waals surface area contributed by atoms with Gasteiger partial charge in [0, 0.05) is 43.9 Å². The molecule has 0 saturated carbocycles. The zero-order valence-corrected chi connectivity index (χ0v) is 16.9. The average Bonchev–Trinajstić information content (AvgIpc) is 2.66. The number of carbonyl (C=O) groups is 2. The van der Waals surface area contributed by atoms with Crippen LogP contribution in [0.4, 0.5) is 4.39 Å². The number of piperidine rings is 1. The van der Waals surface area contributed by atoms with Crippen LogP contribution in [0, 0.1) is 25.6 Å². The monoisotopic (exact) mass is 398 g/mol. The first-order valence-corrected chi connectivity index (χ1v) is 10.0. The van der Waals surface area contributed by atoms with E-state index >= 15 is 0 Å². The molecule has 154 valence electrons. The molecule has 0 bridgehead atoms. The Morgan fingerprint density at radius 1 is 1.21 bits per heavy atom. The van der Waals surface area contributed by atoms with Crippen LogP contribution in [0.1, 0.15) is 35.6 Å². The molecule has 0 radical (unpaired) electrons. The van der Waals surface area contributed by atoms with E-state index in [1.807, 2.05) is 26.0 Å². The fraction of sp³-hybridized carbons (Fsp3) is 0.455. The lowest BCUT2D eigenvalue weighted by atomic mass is 9.96. The third kappa shape index (κ3) is 6.07. The third-order valence-corrected chi connectivity index (χ3v) is 5.11. The Hall–Kier alpha value is -2.83. The van der Waals surface area contributed by atoms with Crippen molar-refractivity contribution in [3.8, 4) is 0 Å². The minimum absolute atomic E-state index is 0.0439. The number of hydrogen-bond donors (Lipinski definition) is 1. The van der Waals surface area contributed by atoms with E-state index in [0.717, 1.165) is 22.8 Å². The highest BCUT2D eigenvalue weighted by atomic mass is 19.1. The first-order chi connectivity index (χ1) is 13.9. The Bertz CT molecular complexity index is 867. The summed E-state index contributed by atoms with van der Waals surface area (Å²) in [6, 6.07) is 8.31. The second kappa shape index (κ2) is 9.58. The van der Waals surface area contributed by atoms with Gasteiger partial charge in [0.1, 0.15) is 11.6 Å². The fourth-order valence-corrected chi connectivity index (χ4v) is 3.65. The summed E-state index contributed by atoms with van der Waals surface area (Å²) in [5.41, 5.74) is 2.68. The van der Waals surface area contributed by atoms with Gasteiger partial charge in [-0.25, -0.2) is 14.4 Å². The van der Waals surface area contributed by atoms with Crippen LogP contribution in [-0.2, 0) is 22.4 Å². The van der Waals surface area contributed by atoms with E-state index in [-0.39, 0.29) is 23.5 Å². The van der Waals surface area contributed by atoms with E-state index in [1.165, 1.54) is 12.1 Å². The molecule has 1 aliphatic heterocycles. The number of rotatable bonds is 7. The minimum atomic E-state index is -0.280. The molecule has 1 unspecified atom stereocenters. The molecule has 1 aliphatic rings. The maximum absolute atomic E-state index is 13.3. The molecule has 1 aromatic heterocycles. The molecule has 1 fully saturated rings. The second-order valence-electron chi connectivity index (χ2n) is 7.56. The molecule has 1 atom stereocenters. The predicted octanol–water partition coefficient (Wildman–Crippen LogP) is 2.37. The number of hydrogen-bond acceptors (Lipinski definition) is 4. The molecule has 2 heterocycles. The normalized spacial score (nSPS) is 16.7. The standard InChI is InChI=1S/C22H27FN4O2/c1-15-12-16(2)26-20(25-15)8-10-24-22(29)18-6-7-21(28)27(14-18)11-9-17-4-3-5-19(23)13-17/h3-5,12-13,18H,6-11,14H2,1-2H3,(H,24,29). The Labute approximate surface area is 170 Å². The first kappa shape index (κ1) is 20.9. The van der Waals surface area contributed by atoms with Crippen LogP contribution in [-0.4, -0.2) is 46.3 Å². The van der Waals surface area contributed by atoms with E-state index < -0.39 is 0 Å². The molecule has 1 aromatic carbocycles. The average molecular weight is 398 g/mol. The van der Waals surface area contributed by atoms with Crippen molar-refractivity contribution in [1.29, 1.82) is 0 Å². The Kier molecular flexibility index (Phi) is 6.90. The highest BCUT2D eigenvalue weighted by Gasteiger charge is 2.29. The number of benzene rings is 1. The van der Waals surface area contributed by atoms with Crippen molar-refractivity contribution in [3.63, 3.8) is 0 Å². The molecule has 1 N–H and O–H groups in total. The SMILES string of the molecule is Cc1cc(C)nc(CCNC(=O)C2CCC(=O)N(CCc3cccc(F)c3)C2)n1. The topological polar surface area (TPSA) is 75.2 Å². The summed E-state index contributed by atoms with van der Waals surface area (Å²) in [5, 5.41) is 2.95. The summed E-state index contributed by atoms with van der Waals surface area (Å²) < 4.78 is 13.3. The highest BCUT2D eigenvalue weighted by molar-refractivity contribution is 5.83. The lowest BCUT2D eigenvalue weighted by Crippen LogP contribution is -2.46. The largest absolute Gasteiger partial charge is 0.355 e. The van der Waals surface area contributed by atoms with Crippen LogP contribution >= 0.6 is 0 Å². The molecular weight excluding hydrogens is 371 g/mol. The molecule has 1 saturated heterocycles. The van der Waals surface area contributed by atoms with Gasteiger partial charge in [-0.05, 0) is 50.5 Å². The van der Waals surface area contributed by atoms with E-state index in [4.69, 9.17) is 0 Å². The molecule has 7 heteroatoms. The first-order valence-electron chi connectivity index (χ1n) is 10.0. The van der Waals surface area contributed by atoms with Gasteiger partial charge in [0.15, 0.2) is 0 Å². The Morgan fingerprint density at radius 3 is 2.69 bits per heavy atom. The number of halogens is 1. The van der Waals surface area contributed by atoms with Crippen LogP contribution in [0.25, 0.3) is 0 Å². The lowest BCUT2D eigenvalue weighted by Gasteiger charge is -2.32. The van der Waals surface area contributed by atoms with Gasteiger partial charge >= 0.3 is 0 Å². The van der Waals surface area contributed by atoms with Crippen LogP contribution in [0.5, 0.6) is 0 Å². The molecule has 29 heavy (non-hydrogen) atoms. The summed E-state index contributed by atoms with van der Waals surface area (Å²) in [7, 11) is 0. The van der Waals surface area contributed by atoms with E-state index in [9.17, 15) is 14.0 Å². The quantitative estimate of drug-likeness (QED) is 0.777. The molecule has 0 spiro atoms. The maximum atomic E-state index is 13.3. The minimum Gasteiger partial charge on any atom is -0.355 e. The van der Waals surface area contributed by atoms with Gasteiger partial charge in [-0.2, -0.15) is 0 Å². The lowest BCUT2D eigenvalue weighted by molar-refractivity contribution is -0.138. The molecule has 0 aliphatic carbocycles. The van der Waals surface area contributed by atoms with Gasteiger partial charge in [0.2, 0.25) is 11.8 Å². The van der Waals surface area contributed by atoms with Crippen LogP contribution in [0.3, 0.4) is 0 Å². The molecular formula is C22H27FN4O2. The van der Waals surface area contributed by atoms with Crippen LogP contribution in [0.15, 0.2) is 30.3 Å². The second-order valence-corrected chi connectivity index (χ2v) is 7.56. The third-order valence-electron chi connectivity index (χ3n) is 5.11. The van der Waals surface area contributed by atoms with Gasteiger partial charge < -0.3 is 10.2 Å². The highest BCUT2D eigenvalue weighted by Crippen LogP contribution is 2.18.